The summed E-state index contributed by atoms with van der Waals surface area (Å²) in [6.45, 7) is 3.24. The summed E-state index contributed by atoms with van der Waals surface area (Å²) in [6.07, 6.45) is 3.67. The predicted molar refractivity (Wildman–Crippen MR) is 84.8 cm³/mol. The van der Waals surface area contributed by atoms with Crippen LogP contribution in [0.3, 0.4) is 0 Å². The summed E-state index contributed by atoms with van der Waals surface area (Å²) in [5.41, 5.74) is 4.50. The van der Waals surface area contributed by atoms with Gasteiger partial charge in [-0.3, -0.25) is 0 Å². The first-order chi connectivity index (χ1) is 9.88. The second kappa shape index (κ2) is 6.23. The molecule has 1 aliphatic carbocycles. The molecule has 0 spiro atoms. The molecule has 2 atom stereocenters. The molecule has 0 radical (unpaired) electrons. The SMILES string of the molecule is CCNC1c2ccccc2CCC1Cc1ccccc1. The largest absolute Gasteiger partial charge is 0.310 e. The zero-order valence-corrected chi connectivity index (χ0v) is 12.2. The Morgan fingerprint density at radius 1 is 1.00 bits per heavy atom. The van der Waals surface area contributed by atoms with Gasteiger partial charge in [0, 0.05) is 6.04 Å². The molecule has 2 aromatic rings. The van der Waals surface area contributed by atoms with E-state index in [0.29, 0.717) is 12.0 Å². The van der Waals surface area contributed by atoms with Crippen LogP contribution in [0.15, 0.2) is 54.6 Å². The predicted octanol–water partition coefficient (Wildman–Crippen LogP) is 4.14. The fraction of sp³-hybridized carbons (Fsp3) is 0.368. The fourth-order valence-corrected chi connectivity index (χ4v) is 3.46. The minimum Gasteiger partial charge on any atom is -0.310 e. The fourth-order valence-electron chi connectivity index (χ4n) is 3.46. The Morgan fingerprint density at radius 2 is 1.75 bits per heavy atom. The van der Waals surface area contributed by atoms with Crippen LogP contribution in [0.4, 0.5) is 0 Å². The van der Waals surface area contributed by atoms with Crippen molar-refractivity contribution in [3.05, 3.63) is 71.3 Å². The van der Waals surface area contributed by atoms with E-state index in [-0.39, 0.29) is 0 Å². The van der Waals surface area contributed by atoms with E-state index in [1.807, 2.05) is 0 Å². The first-order valence-electron chi connectivity index (χ1n) is 7.73. The lowest BCUT2D eigenvalue weighted by Crippen LogP contribution is -2.33. The van der Waals surface area contributed by atoms with Gasteiger partial charge in [0.05, 0.1) is 0 Å². The number of aryl methyl sites for hydroxylation is 1. The van der Waals surface area contributed by atoms with Crippen LogP contribution in [0, 0.1) is 5.92 Å². The van der Waals surface area contributed by atoms with Crippen molar-refractivity contribution in [2.45, 2.75) is 32.2 Å². The van der Waals surface area contributed by atoms with Gasteiger partial charge in [-0.15, -0.1) is 0 Å². The standard InChI is InChI=1S/C19H23N/c1-2-20-19-17(14-15-8-4-3-5-9-15)13-12-16-10-6-7-11-18(16)19/h3-11,17,19-20H,2,12-14H2,1H3. The van der Waals surface area contributed by atoms with Crippen LogP contribution < -0.4 is 5.32 Å². The summed E-state index contributed by atoms with van der Waals surface area (Å²) >= 11 is 0. The van der Waals surface area contributed by atoms with Crippen molar-refractivity contribution in [3.63, 3.8) is 0 Å². The molecular formula is C19H23N. The van der Waals surface area contributed by atoms with Gasteiger partial charge in [-0.1, -0.05) is 61.5 Å². The normalized spacial score (nSPS) is 21.4. The lowest BCUT2D eigenvalue weighted by molar-refractivity contribution is 0.323. The Labute approximate surface area is 122 Å². The summed E-state index contributed by atoms with van der Waals surface area (Å²) in [4.78, 5) is 0. The third-order valence-electron chi connectivity index (χ3n) is 4.41. The van der Waals surface area contributed by atoms with Crippen molar-refractivity contribution in [1.82, 2.24) is 5.32 Å². The summed E-state index contributed by atoms with van der Waals surface area (Å²) in [5.74, 6) is 0.701. The van der Waals surface area contributed by atoms with E-state index >= 15 is 0 Å². The second-order valence-corrected chi connectivity index (χ2v) is 5.72. The summed E-state index contributed by atoms with van der Waals surface area (Å²) < 4.78 is 0. The molecular weight excluding hydrogens is 242 g/mol. The van der Waals surface area contributed by atoms with Crippen LogP contribution in [0.1, 0.15) is 36.1 Å². The number of nitrogens with one attached hydrogen (secondary N) is 1. The Balaban J connectivity index is 1.84. The van der Waals surface area contributed by atoms with Gasteiger partial charge >= 0.3 is 0 Å². The van der Waals surface area contributed by atoms with Crippen LogP contribution in [0.2, 0.25) is 0 Å². The van der Waals surface area contributed by atoms with Gasteiger partial charge in [0.25, 0.3) is 0 Å². The minimum absolute atomic E-state index is 0.505. The van der Waals surface area contributed by atoms with E-state index in [9.17, 15) is 0 Å². The molecule has 0 saturated heterocycles. The molecule has 1 N–H and O–H groups in total. The summed E-state index contributed by atoms with van der Waals surface area (Å²) in [6, 6.07) is 20.3. The van der Waals surface area contributed by atoms with E-state index in [4.69, 9.17) is 0 Å². The highest BCUT2D eigenvalue weighted by molar-refractivity contribution is 5.33. The molecule has 0 aromatic heterocycles. The lowest BCUT2D eigenvalue weighted by atomic mass is 9.77. The Morgan fingerprint density at radius 3 is 2.55 bits per heavy atom. The molecule has 1 nitrogen and oxygen atoms in total. The van der Waals surface area contributed by atoms with Crippen LogP contribution in [-0.4, -0.2) is 6.54 Å². The zero-order valence-electron chi connectivity index (χ0n) is 12.2. The molecule has 3 rings (SSSR count). The molecule has 0 heterocycles. The Bertz CT molecular complexity index is 547. The Hall–Kier alpha value is -1.60. The Kier molecular flexibility index (Phi) is 4.17. The van der Waals surface area contributed by atoms with E-state index in [0.717, 1.165) is 6.54 Å². The molecule has 1 heteroatoms. The average molecular weight is 265 g/mol. The quantitative estimate of drug-likeness (QED) is 0.876. The van der Waals surface area contributed by atoms with E-state index < -0.39 is 0 Å². The third-order valence-corrected chi connectivity index (χ3v) is 4.41. The molecule has 0 bridgehead atoms. The van der Waals surface area contributed by atoms with Crippen LogP contribution in [0.5, 0.6) is 0 Å². The average Bonchev–Trinajstić information content (AvgIpc) is 2.51. The first-order valence-corrected chi connectivity index (χ1v) is 7.73. The highest BCUT2D eigenvalue weighted by atomic mass is 14.9. The number of hydrogen-bond acceptors (Lipinski definition) is 1. The monoisotopic (exact) mass is 265 g/mol. The topological polar surface area (TPSA) is 12.0 Å². The van der Waals surface area contributed by atoms with E-state index in [2.05, 4.69) is 66.8 Å². The summed E-state index contributed by atoms with van der Waals surface area (Å²) in [5, 5.41) is 3.71. The van der Waals surface area contributed by atoms with E-state index in [1.165, 1.54) is 36.0 Å². The van der Waals surface area contributed by atoms with Gasteiger partial charge in [-0.05, 0) is 48.4 Å². The van der Waals surface area contributed by atoms with Gasteiger partial charge in [-0.25, -0.2) is 0 Å². The van der Waals surface area contributed by atoms with Crippen molar-refractivity contribution in [2.75, 3.05) is 6.54 Å². The van der Waals surface area contributed by atoms with Crippen molar-refractivity contribution in [2.24, 2.45) is 5.92 Å². The van der Waals surface area contributed by atoms with Crippen molar-refractivity contribution in [3.8, 4) is 0 Å². The second-order valence-electron chi connectivity index (χ2n) is 5.72. The highest BCUT2D eigenvalue weighted by Crippen LogP contribution is 2.36. The smallest absolute Gasteiger partial charge is 0.0354 e. The van der Waals surface area contributed by atoms with Gasteiger partial charge in [0.1, 0.15) is 0 Å². The van der Waals surface area contributed by atoms with Gasteiger partial charge in [0.15, 0.2) is 0 Å². The number of benzene rings is 2. The number of fused-ring (bicyclic) bond motifs is 1. The minimum atomic E-state index is 0.505. The third kappa shape index (κ3) is 2.78. The molecule has 0 saturated carbocycles. The van der Waals surface area contributed by atoms with Gasteiger partial charge in [0.2, 0.25) is 0 Å². The van der Waals surface area contributed by atoms with Gasteiger partial charge < -0.3 is 5.32 Å². The maximum absolute atomic E-state index is 3.71. The molecule has 104 valence electrons. The highest BCUT2D eigenvalue weighted by Gasteiger charge is 2.28. The molecule has 2 unspecified atom stereocenters. The maximum atomic E-state index is 3.71. The molecule has 0 aliphatic heterocycles. The maximum Gasteiger partial charge on any atom is 0.0354 e. The number of hydrogen-bond donors (Lipinski definition) is 1. The van der Waals surface area contributed by atoms with Crippen molar-refractivity contribution >= 4 is 0 Å². The van der Waals surface area contributed by atoms with Crippen molar-refractivity contribution in [1.29, 1.82) is 0 Å². The van der Waals surface area contributed by atoms with Crippen LogP contribution in [-0.2, 0) is 12.8 Å². The number of rotatable bonds is 4. The summed E-state index contributed by atoms with van der Waals surface area (Å²) in [7, 11) is 0. The molecule has 0 fully saturated rings. The molecule has 20 heavy (non-hydrogen) atoms. The first kappa shape index (κ1) is 13.4. The van der Waals surface area contributed by atoms with Gasteiger partial charge in [-0.2, -0.15) is 0 Å². The van der Waals surface area contributed by atoms with Crippen LogP contribution >= 0.6 is 0 Å². The van der Waals surface area contributed by atoms with E-state index in [1.54, 1.807) is 0 Å². The molecule has 1 aliphatic rings. The molecule has 2 aromatic carbocycles. The lowest BCUT2D eigenvalue weighted by Gasteiger charge is -2.34. The molecule has 0 amide bonds. The van der Waals surface area contributed by atoms with Crippen molar-refractivity contribution < 1.29 is 0 Å². The zero-order chi connectivity index (χ0) is 13.8. The van der Waals surface area contributed by atoms with Crippen LogP contribution in [0.25, 0.3) is 0 Å².